The lowest BCUT2D eigenvalue weighted by molar-refractivity contribution is 1.18. The lowest BCUT2D eigenvalue weighted by atomic mass is 10.0. The van der Waals surface area contributed by atoms with Crippen LogP contribution in [0.2, 0.25) is 0 Å². The number of rotatable bonds is 2. The van der Waals surface area contributed by atoms with Gasteiger partial charge in [0.1, 0.15) is 0 Å². The SMILES string of the molecule is c1ccc2c(c1)c1ncccc1n2-c1ccc2cc3sc4cc5ccc(-n6c7ccccc7c7ncccc76)cc5cc4c3cc2c1. The fourth-order valence-corrected chi connectivity index (χ4v) is 8.80. The average Bonchev–Trinajstić information content (AvgIpc) is 3.76. The zero-order chi connectivity index (χ0) is 30.6. The molecule has 0 radical (unpaired) electrons. The minimum Gasteiger partial charge on any atom is -0.308 e. The van der Waals surface area contributed by atoms with Crippen molar-refractivity contribution in [2.24, 2.45) is 0 Å². The summed E-state index contributed by atoms with van der Waals surface area (Å²) < 4.78 is 7.30. The van der Waals surface area contributed by atoms with Crippen LogP contribution in [0, 0.1) is 0 Å². The van der Waals surface area contributed by atoms with E-state index in [-0.39, 0.29) is 0 Å². The maximum absolute atomic E-state index is 4.74. The standard InChI is InChI=1S/C42H24N4S/c1-3-9-35-31(7-1)41-37(11-5-17-43-41)45(35)29-15-13-25-23-39-33(21-27(25)19-29)34-22-28-20-30(16-14-26(28)24-40(34)47-39)46-36-10-4-2-8-32(36)42-38(46)12-6-18-44-42/h1-24H. The van der Waals surface area contributed by atoms with Crippen molar-refractivity contribution in [3.05, 3.63) is 146 Å². The number of para-hydroxylation sites is 2. The molecule has 0 atom stereocenters. The molecule has 11 rings (SSSR count). The molecule has 6 aromatic carbocycles. The Morgan fingerprint density at radius 1 is 0.383 bits per heavy atom. The van der Waals surface area contributed by atoms with Crippen LogP contribution in [0.1, 0.15) is 0 Å². The van der Waals surface area contributed by atoms with Gasteiger partial charge >= 0.3 is 0 Å². The summed E-state index contributed by atoms with van der Waals surface area (Å²) >= 11 is 1.88. The Balaban J connectivity index is 1.12. The lowest BCUT2D eigenvalue weighted by Gasteiger charge is -2.10. The van der Waals surface area contributed by atoms with Crippen LogP contribution in [0.5, 0.6) is 0 Å². The van der Waals surface area contributed by atoms with Crippen LogP contribution in [-0.4, -0.2) is 19.1 Å². The smallest absolute Gasteiger partial charge is 0.0963 e. The molecule has 0 saturated heterocycles. The molecule has 0 aliphatic heterocycles. The highest BCUT2D eigenvalue weighted by Crippen LogP contribution is 2.40. The first-order valence-electron chi connectivity index (χ1n) is 15.8. The van der Waals surface area contributed by atoms with Gasteiger partial charge in [-0.25, -0.2) is 0 Å². The summed E-state index contributed by atoms with van der Waals surface area (Å²) in [5.41, 5.74) is 8.94. The number of nitrogens with zero attached hydrogens (tertiary/aromatic N) is 4. The lowest BCUT2D eigenvalue weighted by Crippen LogP contribution is -1.94. The van der Waals surface area contributed by atoms with Crippen molar-refractivity contribution in [3.63, 3.8) is 0 Å². The maximum atomic E-state index is 4.74. The monoisotopic (exact) mass is 616 g/mol. The second-order valence-electron chi connectivity index (χ2n) is 12.3. The van der Waals surface area contributed by atoms with E-state index in [9.17, 15) is 0 Å². The number of benzene rings is 6. The van der Waals surface area contributed by atoms with Gasteiger partial charge in [0.2, 0.25) is 0 Å². The van der Waals surface area contributed by atoms with Gasteiger partial charge in [-0.15, -0.1) is 11.3 Å². The van der Waals surface area contributed by atoms with Gasteiger partial charge in [0.15, 0.2) is 0 Å². The van der Waals surface area contributed by atoms with E-state index >= 15 is 0 Å². The van der Waals surface area contributed by atoms with Crippen LogP contribution in [-0.2, 0) is 0 Å². The molecule has 5 heterocycles. The normalized spacial score (nSPS) is 12.3. The summed E-state index contributed by atoms with van der Waals surface area (Å²) in [7, 11) is 0. The summed E-state index contributed by atoms with van der Waals surface area (Å²) in [6.45, 7) is 0. The molecule has 0 aliphatic carbocycles. The summed E-state index contributed by atoms with van der Waals surface area (Å²) in [6.07, 6.45) is 3.76. The number of hydrogen-bond donors (Lipinski definition) is 0. The topological polar surface area (TPSA) is 35.6 Å². The number of aromatic nitrogens is 4. The first-order chi connectivity index (χ1) is 23.3. The van der Waals surface area contributed by atoms with E-state index < -0.39 is 0 Å². The minimum absolute atomic E-state index is 1.03. The highest BCUT2D eigenvalue weighted by atomic mass is 32.1. The van der Waals surface area contributed by atoms with Crippen molar-refractivity contribution >= 4 is 96.9 Å². The summed E-state index contributed by atoms with van der Waals surface area (Å²) in [4.78, 5) is 9.48. The average molecular weight is 617 g/mol. The van der Waals surface area contributed by atoms with E-state index in [1.807, 2.05) is 35.9 Å². The molecule has 0 aliphatic rings. The van der Waals surface area contributed by atoms with Crippen molar-refractivity contribution in [2.45, 2.75) is 0 Å². The van der Waals surface area contributed by atoms with Crippen LogP contribution in [0.3, 0.4) is 0 Å². The van der Waals surface area contributed by atoms with E-state index in [0.29, 0.717) is 0 Å². The first kappa shape index (κ1) is 25.2. The Hall–Kier alpha value is -6.04. The van der Waals surface area contributed by atoms with Crippen LogP contribution >= 0.6 is 11.3 Å². The van der Waals surface area contributed by atoms with Gasteiger partial charge in [-0.2, -0.15) is 0 Å². The zero-order valence-corrected chi connectivity index (χ0v) is 25.9. The van der Waals surface area contributed by atoms with Crippen LogP contribution in [0.15, 0.2) is 146 Å². The van der Waals surface area contributed by atoms with Crippen molar-refractivity contribution in [1.82, 2.24) is 19.1 Å². The van der Waals surface area contributed by atoms with Crippen molar-refractivity contribution in [3.8, 4) is 11.4 Å². The fraction of sp³-hybridized carbons (Fsp3) is 0. The molecular formula is C42H24N4S. The second kappa shape index (κ2) is 9.25. The molecule has 218 valence electrons. The predicted octanol–water partition coefficient (Wildman–Crippen LogP) is 11.3. The van der Waals surface area contributed by atoms with Gasteiger partial charge < -0.3 is 9.13 Å². The van der Waals surface area contributed by atoms with Crippen molar-refractivity contribution < 1.29 is 0 Å². The Bertz CT molecular complexity index is 2770. The number of fused-ring (bicyclic) bond motifs is 11. The summed E-state index contributed by atoms with van der Waals surface area (Å²) in [5.74, 6) is 0. The minimum atomic E-state index is 1.03. The van der Waals surface area contributed by atoms with Gasteiger partial charge in [0.05, 0.1) is 33.1 Å². The third-order valence-corrected chi connectivity index (χ3v) is 10.8. The summed E-state index contributed by atoms with van der Waals surface area (Å²) in [6, 6.07) is 48.6. The molecule has 0 unspecified atom stereocenters. The molecule has 47 heavy (non-hydrogen) atoms. The third kappa shape index (κ3) is 3.52. The largest absolute Gasteiger partial charge is 0.308 e. The van der Waals surface area contributed by atoms with Gasteiger partial charge in [0.25, 0.3) is 0 Å². The molecule has 0 N–H and O–H groups in total. The van der Waals surface area contributed by atoms with Crippen LogP contribution in [0.25, 0.3) is 97.0 Å². The molecular weight excluding hydrogens is 593 g/mol. The Kier molecular flexibility index (Phi) is 4.96. The molecule has 0 fully saturated rings. The van der Waals surface area contributed by atoms with Gasteiger partial charge in [-0.05, 0) is 106 Å². The maximum Gasteiger partial charge on any atom is 0.0963 e. The number of hydrogen-bond acceptors (Lipinski definition) is 3. The Morgan fingerprint density at radius 3 is 1.36 bits per heavy atom. The molecule has 0 bridgehead atoms. The Labute approximate surface area is 272 Å². The highest BCUT2D eigenvalue weighted by molar-refractivity contribution is 7.26. The second-order valence-corrected chi connectivity index (χ2v) is 13.4. The zero-order valence-electron chi connectivity index (χ0n) is 25.1. The van der Waals surface area contributed by atoms with E-state index in [2.05, 4.69) is 130 Å². The molecule has 5 heteroatoms. The quantitative estimate of drug-likeness (QED) is 0.194. The van der Waals surface area contributed by atoms with Gasteiger partial charge in [0, 0.05) is 54.7 Å². The Morgan fingerprint density at radius 2 is 0.851 bits per heavy atom. The van der Waals surface area contributed by atoms with E-state index in [1.165, 1.54) is 63.5 Å². The van der Waals surface area contributed by atoms with Crippen molar-refractivity contribution in [1.29, 1.82) is 0 Å². The predicted molar refractivity (Wildman–Crippen MR) is 199 cm³/mol. The van der Waals surface area contributed by atoms with Crippen molar-refractivity contribution in [2.75, 3.05) is 0 Å². The fourth-order valence-electron chi connectivity index (χ4n) is 7.64. The molecule has 0 amide bonds. The van der Waals surface area contributed by atoms with E-state index in [4.69, 9.17) is 9.97 Å². The van der Waals surface area contributed by atoms with Gasteiger partial charge in [-0.3, -0.25) is 9.97 Å². The third-order valence-electron chi connectivity index (χ3n) is 9.73. The van der Waals surface area contributed by atoms with Crippen LogP contribution in [0.4, 0.5) is 0 Å². The van der Waals surface area contributed by atoms with E-state index in [1.54, 1.807) is 0 Å². The molecule has 5 aromatic heterocycles. The number of pyridine rings is 2. The first-order valence-corrected chi connectivity index (χ1v) is 16.6. The summed E-state index contributed by atoms with van der Waals surface area (Å²) in [5, 5.41) is 9.90. The molecule has 4 nitrogen and oxygen atoms in total. The molecule has 0 spiro atoms. The van der Waals surface area contributed by atoms with E-state index in [0.717, 1.165) is 33.4 Å². The number of thiophene rings is 1. The molecule has 0 saturated carbocycles. The molecule has 11 aromatic rings. The van der Waals surface area contributed by atoms with Gasteiger partial charge in [-0.1, -0.05) is 48.5 Å². The van der Waals surface area contributed by atoms with Crippen LogP contribution < -0.4 is 0 Å². The highest BCUT2D eigenvalue weighted by Gasteiger charge is 2.16.